The van der Waals surface area contributed by atoms with Crippen LogP contribution in [-0.2, 0) is 6.54 Å². The molecular weight excluding hydrogens is 322 g/mol. The van der Waals surface area contributed by atoms with Crippen molar-refractivity contribution in [1.29, 1.82) is 0 Å². The van der Waals surface area contributed by atoms with E-state index in [1.165, 1.54) is 6.33 Å². The Labute approximate surface area is 125 Å². The van der Waals surface area contributed by atoms with Gasteiger partial charge in [-0.15, -0.1) is 0 Å². The first-order valence-corrected chi connectivity index (χ1v) is 6.92. The highest BCUT2D eigenvalue weighted by atomic mass is 79.9. The number of aliphatic hydroxyl groups excluding tert-OH is 1. The summed E-state index contributed by atoms with van der Waals surface area (Å²) < 4.78 is 0.673. The number of hydrazine groups is 1. The Morgan fingerprint density at radius 2 is 2.00 bits per heavy atom. The van der Waals surface area contributed by atoms with Gasteiger partial charge < -0.3 is 15.4 Å². The molecule has 0 fully saturated rings. The Hall–Kier alpha value is -1.70. The van der Waals surface area contributed by atoms with E-state index in [0.29, 0.717) is 29.2 Å². The van der Waals surface area contributed by atoms with Crippen LogP contribution in [0.5, 0.6) is 0 Å². The predicted octanol–water partition coefficient (Wildman–Crippen LogP) is 1.52. The molecule has 20 heavy (non-hydrogen) atoms. The van der Waals surface area contributed by atoms with Crippen LogP contribution in [0.2, 0.25) is 0 Å². The van der Waals surface area contributed by atoms with E-state index in [4.69, 9.17) is 5.84 Å². The van der Waals surface area contributed by atoms with Gasteiger partial charge in [0.05, 0.1) is 6.61 Å². The number of halogens is 1. The summed E-state index contributed by atoms with van der Waals surface area (Å²) in [7, 11) is 0. The summed E-state index contributed by atoms with van der Waals surface area (Å²) in [4.78, 5) is 10.2. The van der Waals surface area contributed by atoms with E-state index in [-0.39, 0.29) is 6.61 Å². The SMILES string of the molecule is NNc1ncnc(N(CCO)Cc2ccccc2)c1Br. The molecule has 0 bridgehead atoms. The minimum Gasteiger partial charge on any atom is -0.395 e. The minimum atomic E-state index is 0.0364. The molecule has 1 aromatic heterocycles. The van der Waals surface area contributed by atoms with Gasteiger partial charge in [0, 0.05) is 13.1 Å². The van der Waals surface area contributed by atoms with Crippen molar-refractivity contribution < 1.29 is 5.11 Å². The molecule has 0 saturated carbocycles. The summed E-state index contributed by atoms with van der Waals surface area (Å²) >= 11 is 3.43. The molecule has 4 N–H and O–H groups in total. The van der Waals surface area contributed by atoms with Crippen LogP contribution in [0.15, 0.2) is 41.1 Å². The molecule has 0 saturated heterocycles. The Bertz CT molecular complexity index is 552. The fourth-order valence-electron chi connectivity index (χ4n) is 1.87. The third-order valence-corrected chi connectivity index (χ3v) is 3.52. The lowest BCUT2D eigenvalue weighted by molar-refractivity contribution is 0.301. The molecule has 0 atom stereocenters. The molecule has 0 aliphatic rings. The number of nitrogens with one attached hydrogen (secondary N) is 1. The van der Waals surface area contributed by atoms with Crippen molar-refractivity contribution in [2.24, 2.45) is 5.84 Å². The van der Waals surface area contributed by atoms with E-state index in [1.807, 2.05) is 35.2 Å². The van der Waals surface area contributed by atoms with Gasteiger partial charge in [-0.3, -0.25) is 0 Å². The molecule has 0 aliphatic carbocycles. The molecule has 2 aromatic rings. The van der Waals surface area contributed by atoms with Crippen molar-refractivity contribution in [3.8, 4) is 0 Å². The van der Waals surface area contributed by atoms with Gasteiger partial charge in [0.2, 0.25) is 0 Å². The van der Waals surface area contributed by atoms with Crippen LogP contribution in [0.1, 0.15) is 5.56 Å². The van der Waals surface area contributed by atoms with E-state index in [0.717, 1.165) is 5.56 Å². The maximum absolute atomic E-state index is 9.25. The number of rotatable bonds is 6. The maximum Gasteiger partial charge on any atom is 0.159 e. The van der Waals surface area contributed by atoms with E-state index in [9.17, 15) is 5.11 Å². The van der Waals surface area contributed by atoms with Crippen molar-refractivity contribution in [2.45, 2.75) is 6.54 Å². The molecule has 0 spiro atoms. The normalized spacial score (nSPS) is 10.3. The predicted molar refractivity (Wildman–Crippen MR) is 82.1 cm³/mol. The third-order valence-electron chi connectivity index (χ3n) is 2.79. The molecule has 6 nitrogen and oxygen atoms in total. The minimum absolute atomic E-state index is 0.0364. The number of aromatic nitrogens is 2. The highest BCUT2D eigenvalue weighted by Crippen LogP contribution is 2.29. The molecular formula is C13H16BrN5O. The van der Waals surface area contributed by atoms with Gasteiger partial charge in [-0.1, -0.05) is 30.3 Å². The molecule has 1 heterocycles. The molecule has 1 aromatic carbocycles. The van der Waals surface area contributed by atoms with Crippen molar-refractivity contribution >= 4 is 27.6 Å². The van der Waals surface area contributed by atoms with Crippen LogP contribution >= 0.6 is 15.9 Å². The lowest BCUT2D eigenvalue weighted by Crippen LogP contribution is -2.28. The van der Waals surface area contributed by atoms with Gasteiger partial charge in [0.25, 0.3) is 0 Å². The van der Waals surface area contributed by atoms with Gasteiger partial charge in [-0.05, 0) is 21.5 Å². The lowest BCUT2D eigenvalue weighted by atomic mass is 10.2. The van der Waals surface area contributed by atoms with Crippen LogP contribution in [-0.4, -0.2) is 28.2 Å². The first-order valence-electron chi connectivity index (χ1n) is 6.13. The van der Waals surface area contributed by atoms with Crippen LogP contribution in [0, 0.1) is 0 Å². The second-order valence-electron chi connectivity index (χ2n) is 4.13. The number of nitrogen functional groups attached to an aromatic ring is 1. The summed E-state index contributed by atoms with van der Waals surface area (Å²) in [6, 6.07) is 9.99. The number of nitrogens with two attached hydrogens (primary N) is 1. The lowest BCUT2D eigenvalue weighted by Gasteiger charge is -2.24. The van der Waals surface area contributed by atoms with Gasteiger partial charge in [-0.2, -0.15) is 0 Å². The van der Waals surface area contributed by atoms with Gasteiger partial charge in [-0.25, -0.2) is 15.8 Å². The van der Waals surface area contributed by atoms with Gasteiger partial charge >= 0.3 is 0 Å². The molecule has 0 radical (unpaired) electrons. The zero-order chi connectivity index (χ0) is 14.4. The first kappa shape index (κ1) is 14.7. The van der Waals surface area contributed by atoms with Crippen molar-refractivity contribution in [1.82, 2.24) is 9.97 Å². The molecule has 106 valence electrons. The standard InChI is InChI=1S/C13H16BrN5O/c14-11-12(18-15)16-9-17-13(11)19(6-7-20)8-10-4-2-1-3-5-10/h1-5,9,20H,6-8,15H2,(H,16,17,18). The van der Waals surface area contributed by atoms with Crippen LogP contribution in [0.3, 0.4) is 0 Å². The van der Waals surface area contributed by atoms with Crippen molar-refractivity contribution in [3.05, 3.63) is 46.7 Å². The molecule has 0 unspecified atom stereocenters. The Morgan fingerprint density at radius 1 is 1.25 bits per heavy atom. The van der Waals surface area contributed by atoms with E-state index >= 15 is 0 Å². The highest BCUT2D eigenvalue weighted by Gasteiger charge is 2.15. The maximum atomic E-state index is 9.25. The second-order valence-corrected chi connectivity index (χ2v) is 4.93. The molecule has 0 aliphatic heterocycles. The summed E-state index contributed by atoms with van der Waals surface area (Å²) in [5, 5.41) is 9.25. The Kier molecular flexibility index (Phi) is 5.28. The van der Waals surface area contributed by atoms with Crippen molar-refractivity contribution in [2.75, 3.05) is 23.5 Å². The van der Waals surface area contributed by atoms with E-state index in [2.05, 4.69) is 31.3 Å². The number of anilines is 2. The van der Waals surface area contributed by atoms with Gasteiger partial charge in [0.15, 0.2) is 5.82 Å². The average molecular weight is 338 g/mol. The summed E-state index contributed by atoms with van der Waals surface area (Å²) in [6.07, 6.45) is 1.44. The number of hydrogen-bond acceptors (Lipinski definition) is 6. The monoisotopic (exact) mass is 337 g/mol. The number of aliphatic hydroxyl groups is 1. The summed E-state index contributed by atoms with van der Waals surface area (Å²) in [5.74, 6) is 6.60. The van der Waals surface area contributed by atoms with Crippen LogP contribution < -0.4 is 16.2 Å². The Balaban J connectivity index is 2.29. The largest absolute Gasteiger partial charge is 0.395 e. The highest BCUT2D eigenvalue weighted by molar-refractivity contribution is 9.10. The quantitative estimate of drug-likeness (QED) is 0.547. The average Bonchev–Trinajstić information content (AvgIpc) is 2.48. The second kappa shape index (κ2) is 7.18. The van der Waals surface area contributed by atoms with Crippen LogP contribution in [0.4, 0.5) is 11.6 Å². The smallest absolute Gasteiger partial charge is 0.159 e. The number of hydrogen-bond donors (Lipinski definition) is 3. The van der Waals surface area contributed by atoms with Gasteiger partial charge in [0.1, 0.15) is 16.6 Å². The topological polar surface area (TPSA) is 87.3 Å². The number of benzene rings is 1. The fourth-order valence-corrected chi connectivity index (χ4v) is 2.44. The van der Waals surface area contributed by atoms with E-state index < -0.39 is 0 Å². The summed E-state index contributed by atoms with van der Waals surface area (Å²) in [5.41, 5.74) is 3.64. The Morgan fingerprint density at radius 3 is 2.65 bits per heavy atom. The fraction of sp³-hybridized carbons (Fsp3) is 0.231. The summed E-state index contributed by atoms with van der Waals surface area (Å²) in [6.45, 7) is 1.14. The zero-order valence-corrected chi connectivity index (χ0v) is 12.4. The molecule has 7 heteroatoms. The molecule has 2 rings (SSSR count). The first-order chi connectivity index (χ1) is 9.76. The van der Waals surface area contributed by atoms with Crippen LogP contribution in [0.25, 0.3) is 0 Å². The van der Waals surface area contributed by atoms with E-state index in [1.54, 1.807) is 0 Å². The number of nitrogens with zero attached hydrogens (tertiary/aromatic N) is 3. The van der Waals surface area contributed by atoms with Crippen molar-refractivity contribution in [3.63, 3.8) is 0 Å². The third kappa shape index (κ3) is 3.44. The zero-order valence-electron chi connectivity index (χ0n) is 10.8. The molecule has 0 amide bonds.